The topological polar surface area (TPSA) is 146 Å². The Labute approximate surface area is 413 Å². The van der Waals surface area contributed by atoms with Gasteiger partial charge in [0.05, 0.1) is 34.1 Å². The first-order valence-electron chi connectivity index (χ1n) is 26.3. The zero-order chi connectivity index (χ0) is 47.6. The molecule has 0 bridgehead atoms. The van der Waals surface area contributed by atoms with Crippen LogP contribution in [0.15, 0.2) is 11.6 Å². The van der Waals surface area contributed by atoms with E-state index < -0.39 is 6.10 Å². The molecule has 0 radical (unpaired) electrons. The van der Waals surface area contributed by atoms with Crippen molar-refractivity contribution in [3.8, 4) is 0 Å². The van der Waals surface area contributed by atoms with E-state index in [1.807, 2.05) is 13.8 Å². The number of aliphatic hydroxyl groups excluding tert-OH is 2. The first-order valence-corrected chi connectivity index (χ1v) is 28.2. The van der Waals surface area contributed by atoms with Crippen molar-refractivity contribution < 1.29 is 48.3 Å². The van der Waals surface area contributed by atoms with Gasteiger partial charge in [-0.1, -0.05) is 85.1 Å². The van der Waals surface area contributed by atoms with Crippen molar-refractivity contribution in [2.24, 2.45) is 63.1 Å². The minimum Gasteiger partial charge on any atom is -0.461 e. The molecule has 0 aromatic rings. The summed E-state index contributed by atoms with van der Waals surface area (Å²) in [5.74, 6) is 2.46. The van der Waals surface area contributed by atoms with Gasteiger partial charge in [0.2, 0.25) is 0 Å². The molecule has 0 heterocycles. The number of hydrogen-bond donors (Lipinski definition) is 2. The summed E-state index contributed by atoms with van der Waals surface area (Å²) in [7, 11) is 0. The van der Waals surface area contributed by atoms with E-state index in [-0.39, 0.29) is 85.6 Å². The van der Waals surface area contributed by atoms with E-state index in [9.17, 15) is 29.4 Å². The van der Waals surface area contributed by atoms with E-state index >= 15 is 0 Å². The molecule has 66 heavy (non-hydrogen) atoms. The fourth-order valence-corrected chi connectivity index (χ4v) is 18.2. The number of esters is 2. The van der Waals surface area contributed by atoms with Gasteiger partial charge < -0.3 is 38.7 Å². The number of halogens is 2. The summed E-state index contributed by atoms with van der Waals surface area (Å²) in [6.07, 6.45) is 22.8. The fraction of sp³-hybridized carbons (Fsp3) is 0.889. The van der Waals surface area contributed by atoms with Crippen LogP contribution in [0.2, 0.25) is 0 Å². The second-order valence-electron chi connectivity index (χ2n) is 23.1. The Balaban J connectivity index is 0.000000196. The van der Waals surface area contributed by atoms with Crippen LogP contribution in [0.1, 0.15) is 176 Å². The lowest BCUT2D eigenvalue weighted by Crippen LogP contribution is -2.59. The van der Waals surface area contributed by atoms with Gasteiger partial charge in [-0.25, -0.2) is 0 Å². The molecule has 7 unspecified atom stereocenters. The molecular weight excluding hydrogens is 968 g/mol. The molecule has 0 aromatic heterocycles. The third-order valence-electron chi connectivity index (χ3n) is 19.7. The number of carbonyl (C=O) groups excluding carboxylic acids is 4. The Kier molecular flexibility index (Phi) is 17.6. The van der Waals surface area contributed by atoms with E-state index in [1.165, 1.54) is 12.0 Å². The third-order valence-corrected chi connectivity index (χ3v) is 21.5. The number of aldehydes is 2. The van der Waals surface area contributed by atoms with Crippen LogP contribution in [0.4, 0.5) is 0 Å². The molecule has 7 saturated carbocycles. The van der Waals surface area contributed by atoms with Crippen LogP contribution in [0.5, 0.6) is 0 Å². The zero-order valence-electron chi connectivity index (χ0n) is 41.1. The molecule has 0 aliphatic heterocycles. The summed E-state index contributed by atoms with van der Waals surface area (Å²) >= 11 is 7.70. The van der Waals surface area contributed by atoms with Crippen LogP contribution in [0, 0.1) is 63.1 Å². The molecule has 2 N–H and O–H groups in total. The van der Waals surface area contributed by atoms with Crippen LogP contribution in [-0.2, 0) is 38.1 Å². The molecule has 0 saturated heterocycles. The number of fused-ring (bicyclic) bond motifs is 10. The molecule has 19 atom stereocenters. The van der Waals surface area contributed by atoms with Crippen molar-refractivity contribution in [1.29, 1.82) is 0 Å². The standard InChI is InChI=1S/C27H43BrO5.C27H41BrO5/c2*1-4-23(31)33-25-21(28)16-20-24-19(9-11-27(20,25)3)26(2)10-8-18(14-17(26)15-22(24)30)32-13-7-5-6-12-29/h12,17-22,24-25,30H,4-11,13-16H2,1-3H3;12,15,18-22,24-25,30H,4-11,13-14,16H2,1-3H3/t17?,18-,19?,20?,21+,22-,24?,25-,26-,27-;18-,19?,20?,21+,22-,24?,25-,26-,27-/m00/s1. The highest BCUT2D eigenvalue weighted by molar-refractivity contribution is 9.09. The molecule has 12 heteroatoms. The third kappa shape index (κ3) is 10.3. The average Bonchev–Trinajstić information content (AvgIpc) is 3.70. The first-order chi connectivity index (χ1) is 31.5. The number of carbonyl (C=O) groups is 4. The van der Waals surface area contributed by atoms with Crippen LogP contribution < -0.4 is 0 Å². The Bertz CT molecular complexity index is 1730. The van der Waals surface area contributed by atoms with E-state index in [1.54, 1.807) is 0 Å². The van der Waals surface area contributed by atoms with Crippen LogP contribution in [0.25, 0.3) is 0 Å². The van der Waals surface area contributed by atoms with Gasteiger partial charge in [-0.2, -0.15) is 0 Å². The lowest BCUT2D eigenvalue weighted by molar-refractivity contribution is -0.187. The van der Waals surface area contributed by atoms with Gasteiger partial charge in [-0.05, 0) is 161 Å². The Morgan fingerprint density at radius 3 is 1.73 bits per heavy atom. The number of hydrogen-bond acceptors (Lipinski definition) is 10. The van der Waals surface area contributed by atoms with Gasteiger partial charge in [0.1, 0.15) is 24.8 Å². The molecule has 0 aromatic carbocycles. The number of unbranched alkanes of at least 4 members (excludes halogenated alkanes) is 4. The molecular formula is C54H84Br2O10. The SMILES string of the molecule is CCC(=O)O[C@H]1[C@H](Br)CC2C3C(CC[C@@]21C)[C@@]1(C)CC[C@H](OCCCCC=O)CC1=C[C@@H]3O.CCC(=O)O[C@H]1[C@H](Br)CC2C3C(CC[C@@]21C)[C@@]1(C)CC[C@H](OCCCCC=O)CC1C[C@@H]3O. The fourth-order valence-electron chi connectivity index (χ4n) is 16.0. The van der Waals surface area contributed by atoms with Crippen molar-refractivity contribution in [2.75, 3.05) is 13.2 Å². The quantitative estimate of drug-likeness (QED) is 0.0504. The smallest absolute Gasteiger partial charge is 0.305 e. The lowest BCUT2D eigenvalue weighted by atomic mass is 9.44. The van der Waals surface area contributed by atoms with Crippen molar-refractivity contribution in [2.45, 2.75) is 223 Å². The number of rotatable bonds is 16. The molecule has 8 rings (SSSR count). The van der Waals surface area contributed by atoms with Gasteiger partial charge in [0.25, 0.3) is 0 Å². The van der Waals surface area contributed by atoms with E-state index in [0.717, 1.165) is 122 Å². The molecule has 0 amide bonds. The highest BCUT2D eigenvalue weighted by Gasteiger charge is 2.66. The van der Waals surface area contributed by atoms with Gasteiger partial charge in [-0.15, -0.1) is 0 Å². The maximum atomic E-state index is 12.2. The normalized spacial score (nSPS) is 45.5. The predicted octanol–water partition coefficient (Wildman–Crippen LogP) is 10.8. The average molecular weight is 1050 g/mol. The molecule has 8 aliphatic carbocycles. The highest BCUT2D eigenvalue weighted by atomic mass is 79.9. The number of ether oxygens (including phenoxy) is 4. The van der Waals surface area contributed by atoms with E-state index in [0.29, 0.717) is 61.9 Å². The molecule has 7 fully saturated rings. The van der Waals surface area contributed by atoms with Gasteiger partial charge in [0.15, 0.2) is 0 Å². The molecule has 8 aliphatic rings. The summed E-state index contributed by atoms with van der Waals surface area (Å²) < 4.78 is 24.3. The van der Waals surface area contributed by atoms with Gasteiger partial charge in [-0.3, -0.25) is 9.59 Å². The highest BCUT2D eigenvalue weighted by Crippen LogP contribution is 2.68. The van der Waals surface area contributed by atoms with E-state index in [2.05, 4.69) is 65.6 Å². The number of aliphatic hydroxyl groups is 2. The molecule has 374 valence electrons. The lowest BCUT2D eigenvalue weighted by Gasteiger charge is -2.62. The first kappa shape index (κ1) is 52.6. The summed E-state index contributed by atoms with van der Waals surface area (Å²) in [5.41, 5.74) is 1.59. The van der Waals surface area contributed by atoms with Crippen LogP contribution in [-0.4, -0.2) is 94.2 Å². The summed E-state index contributed by atoms with van der Waals surface area (Å²) in [6, 6.07) is 0. The minimum absolute atomic E-state index is 0.0633. The van der Waals surface area contributed by atoms with Crippen molar-refractivity contribution in [3.05, 3.63) is 11.6 Å². The van der Waals surface area contributed by atoms with Crippen molar-refractivity contribution >= 4 is 56.4 Å². The van der Waals surface area contributed by atoms with Gasteiger partial charge >= 0.3 is 11.9 Å². The zero-order valence-corrected chi connectivity index (χ0v) is 44.2. The van der Waals surface area contributed by atoms with Gasteiger partial charge in [0, 0.05) is 49.7 Å². The Hall–Kier alpha value is -1.18. The molecule has 0 spiro atoms. The van der Waals surface area contributed by atoms with Crippen LogP contribution >= 0.6 is 31.9 Å². The van der Waals surface area contributed by atoms with Crippen LogP contribution in [0.3, 0.4) is 0 Å². The van der Waals surface area contributed by atoms with Crippen molar-refractivity contribution in [1.82, 2.24) is 0 Å². The van der Waals surface area contributed by atoms with E-state index in [4.69, 9.17) is 18.9 Å². The summed E-state index contributed by atoms with van der Waals surface area (Å²) in [6.45, 7) is 14.6. The summed E-state index contributed by atoms with van der Waals surface area (Å²) in [5, 5.41) is 22.9. The Morgan fingerprint density at radius 2 is 1.17 bits per heavy atom. The maximum absolute atomic E-state index is 12.2. The molecule has 10 nitrogen and oxygen atoms in total. The maximum Gasteiger partial charge on any atom is 0.305 e. The second-order valence-corrected chi connectivity index (χ2v) is 25.5. The van der Waals surface area contributed by atoms with Crippen molar-refractivity contribution in [3.63, 3.8) is 0 Å². The summed E-state index contributed by atoms with van der Waals surface area (Å²) in [4.78, 5) is 45.6. The second kappa shape index (κ2) is 22.1. The largest absolute Gasteiger partial charge is 0.461 e. The predicted molar refractivity (Wildman–Crippen MR) is 262 cm³/mol. The number of alkyl halides is 2. The minimum atomic E-state index is -0.450. The Morgan fingerprint density at radius 1 is 0.652 bits per heavy atom. The monoisotopic (exact) mass is 1050 g/mol.